The number of sulfone groups is 1. The van der Waals surface area contributed by atoms with Gasteiger partial charge in [0, 0.05) is 18.8 Å². The third kappa shape index (κ3) is 3.37. The van der Waals surface area contributed by atoms with E-state index >= 15 is 0 Å². The second kappa shape index (κ2) is 7.10. The summed E-state index contributed by atoms with van der Waals surface area (Å²) in [6.45, 7) is 0. The Balaban J connectivity index is 1.76. The van der Waals surface area contributed by atoms with Crippen molar-refractivity contribution >= 4 is 15.5 Å². The molecular weight excluding hydrogens is 370 g/mol. The molecule has 28 heavy (non-hydrogen) atoms. The second-order valence-electron chi connectivity index (χ2n) is 6.78. The Bertz CT molecular complexity index is 1220. The number of benzene rings is 2. The minimum atomic E-state index is -3.58. The molecule has 1 aliphatic rings. The fourth-order valence-corrected chi connectivity index (χ4v) is 5.10. The van der Waals surface area contributed by atoms with Gasteiger partial charge in [0.15, 0.2) is 9.84 Å². The van der Waals surface area contributed by atoms with Gasteiger partial charge in [0.1, 0.15) is 5.71 Å². The molecule has 1 aromatic heterocycles. The highest BCUT2D eigenvalue weighted by Gasteiger charge is 2.27. The highest BCUT2D eigenvalue weighted by atomic mass is 32.2. The summed E-state index contributed by atoms with van der Waals surface area (Å²) in [6.07, 6.45) is 8.02. The van der Waals surface area contributed by atoms with E-state index in [1.807, 2.05) is 36.4 Å². The van der Waals surface area contributed by atoms with Crippen LogP contribution in [0.3, 0.4) is 0 Å². The van der Waals surface area contributed by atoms with E-state index in [1.54, 1.807) is 36.1 Å². The lowest BCUT2D eigenvalue weighted by Crippen LogP contribution is -2.17. The Kier molecular flexibility index (Phi) is 4.62. The molecule has 2 aromatic carbocycles. The number of fused-ring (bicyclic) bond motifs is 1. The maximum Gasteiger partial charge on any atom is 0.184 e. The number of rotatable bonds is 4. The zero-order valence-electron chi connectivity index (χ0n) is 15.4. The largest absolute Gasteiger partial charge is 0.276 e. The Labute approximate surface area is 164 Å². The molecule has 0 bridgehead atoms. The molecule has 0 aliphatic carbocycles. The summed E-state index contributed by atoms with van der Waals surface area (Å²) in [7, 11) is -1.81. The number of terminal acetylenes is 1. The molecule has 140 valence electrons. The topological polar surface area (TPSA) is 64.3 Å². The van der Waals surface area contributed by atoms with Crippen molar-refractivity contribution in [3.05, 3.63) is 83.2 Å². The standard InChI is InChI=1S/C22H19N3O2S/c1-3-20-18-9-5-4-8-16(18)14-21(23-20)19-10-6-7-11-22(19)28(26,27)15-17-12-13-25(2)24-17/h1,4-13,21H,14-15H2,2H3. The van der Waals surface area contributed by atoms with Crippen LogP contribution in [0.15, 0.2) is 70.7 Å². The molecule has 0 spiro atoms. The van der Waals surface area contributed by atoms with Crippen LogP contribution in [-0.4, -0.2) is 23.9 Å². The van der Waals surface area contributed by atoms with Gasteiger partial charge in [0.2, 0.25) is 0 Å². The SMILES string of the molecule is C#CC1=NC(c2ccccc2S(=O)(=O)Cc2ccn(C)n2)Cc2ccccc21. The first-order chi connectivity index (χ1) is 13.5. The summed E-state index contributed by atoms with van der Waals surface area (Å²) >= 11 is 0. The first-order valence-electron chi connectivity index (χ1n) is 8.91. The van der Waals surface area contributed by atoms with Gasteiger partial charge in [-0.1, -0.05) is 48.4 Å². The molecule has 0 saturated heterocycles. The lowest BCUT2D eigenvalue weighted by Gasteiger charge is -2.23. The van der Waals surface area contributed by atoms with E-state index < -0.39 is 9.84 Å². The Hall–Kier alpha value is -3.17. The van der Waals surface area contributed by atoms with Crippen LogP contribution in [0, 0.1) is 12.3 Å². The molecule has 0 fully saturated rings. The zero-order valence-corrected chi connectivity index (χ0v) is 16.2. The molecule has 2 heterocycles. The predicted molar refractivity (Wildman–Crippen MR) is 109 cm³/mol. The fraction of sp³-hybridized carbons (Fsp3) is 0.182. The van der Waals surface area contributed by atoms with Crippen molar-refractivity contribution in [1.82, 2.24) is 9.78 Å². The third-order valence-electron chi connectivity index (χ3n) is 4.83. The van der Waals surface area contributed by atoms with Crippen molar-refractivity contribution in [2.75, 3.05) is 0 Å². The molecule has 1 aliphatic heterocycles. The molecular formula is C22H19N3O2S. The fourth-order valence-electron chi connectivity index (χ4n) is 3.55. The summed E-state index contributed by atoms with van der Waals surface area (Å²) in [5.74, 6) is 2.50. The van der Waals surface area contributed by atoms with E-state index in [-0.39, 0.29) is 16.7 Å². The molecule has 3 aromatic rings. The van der Waals surface area contributed by atoms with Gasteiger partial charge in [-0.3, -0.25) is 9.67 Å². The van der Waals surface area contributed by atoms with Crippen LogP contribution in [0.4, 0.5) is 0 Å². The van der Waals surface area contributed by atoms with Gasteiger partial charge in [-0.2, -0.15) is 5.10 Å². The lowest BCUT2D eigenvalue weighted by molar-refractivity contribution is 0.589. The average molecular weight is 389 g/mol. The van der Waals surface area contributed by atoms with Crippen molar-refractivity contribution < 1.29 is 8.42 Å². The van der Waals surface area contributed by atoms with Crippen molar-refractivity contribution in [1.29, 1.82) is 0 Å². The van der Waals surface area contributed by atoms with Crippen LogP contribution in [0.2, 0.25) is 0 Å². The normalized spacial score (nSPS) is 16.1. The number of aliphatic imine (C=N–C) groups is 1. The zero-order chi connectivity index (χ0) is 19.7. The van der Waals surface area contributed by atoms with Crippen LogP contribution < -0.4 is 0 Å². The molecule has 1 atom stereocenters. The van der Waals surface area contributed by atoms with Crippen molar-refractivity contribution in [3.63, 3.8) is 0 Å². The molecule has 5 nitrogen and oxygen atoms in total. The monoisotopic (exact) mass is 389 g/mol. The molecule has 4 rings (SSSR count). The minimum Gasteiger partial charge on any atom is -0.276 e. The van der Waals surface area contributed by atoms with Gasteiger partial charge in [0.25, 0.3) is 0 Å². The number of nitrogens with zero attached hydrogens (tertiary/aromatic N) is 3. The molecule has 0 radical (unpaired) electrons. The van der Waals surface area contributed by atoms with Gasteiger partial charge >= 0.3 is 0 Å². The Morgan fingerprint density at radius 3 is 2.64 bits per heavy atom. The van der Waals surface area contributed by atoms with E-state index in [0.717, 1.165) is 11.1 Å². The molecule has 0 amide bonds. The maximum absolute atomic E-state index is 13.1. The van der Waals surface area contributed by atoms with Crippen molar-refractivity contribution in [2.24, 2.45) is 12.0 Å². The van der Waals surface area contributed by atoms with E-state index in [4.69, 9.17) is 11.4 Å². The van der Waals surface area contributed by atoms with Crippen LogP contribution >= 0.6 is 0 Å². The molecule has 0 N–H and O–H groups in total. The van der Waals surface area contributed by atoms with Gasteiger partial charge in [-0.15, -0.1) is 6.42 Å². The van der Waals surface area contributed by atoms with Gasteiger partial charge in [-0.25, -0.2) is 8.42 Å². The summed E-state index contributed by atoms with van der Waals surface area (Å²) in [5, 5.41) is 4.20. The predicted octanol–water partition coefficient (Wildman–Crippen LogP) is 3.11. The first-order valence-corrected chi connectivity index (χ1v) is 10.6. The number of hydrogen-bond acceptors (Lipinski definition) is 4. The first kappa shape index (κ1) is 18.2. The lowest BCUT2D eigenvalue weighted by atomic mass is 9.90. The van der Waals surface area contributed by atoms with Gasteiger partial charge < -0.3 is 0 Å². The summed E-state index contributed by atoms with van der Waals surface area (Å²) < 4.78 is 27.9. The molecule has 6 heteroatoms. The highest BCUT2D eigenvalue weighted by molar-refractivity contribution is 7.90. The van der Waals surface area contributed by atoms with Crippen molar-refractivity contribution in [2.45, 2.75) is 23.1 Å². The van der Waals surface area contributed by atoms with Gasteiger partial charge in [0.05, 0.1) is 22.4 Å². The van der Waals surface area contributed by atoms with Crippen LogP contribution in [0.5, 0.6) is 0 Å². The highest BCUT2D eigenvalue weighted by Crippen LogP contribution is 2.34. The summed E-state index contributed by atoms with van der Waals surface area (Å²) in [5.41, 5.74) is 3.76. The van der Waals surface area contributed by atoms with Crippen LogP contribution in [0.1, 0.15) is 28.4 Å². The average Bonchev–Trinajstić information content (AvgIpc) is 3.11. The van der Waals surface area contributed by atoms with E-state index in [1.165, 1.54) is 0 Å². The van der Waals surface area contributed by atoms with Gasteiger partial charge in [-0.05, 0) is 29.7 Å². The summed E-state index contributed by atoms with van der Waals surface area (Å²) in [4.78, 5) is 4.98. The Morgan fingerprint density at radius 2 is 1.89 bits per heavy atom. The second-order valence-corrected chi connectivity index (χ2v) is 8.73. The van der Waals surface area contributed by atoms with E-state index in [0.29, 0.717) is 23.4 Å². The van der Waals surface area contributed by atoms with Crippen LogP contribution in [-0.2, 0) is 29.1 Å². The third-order valence-corrected chi connectivity index (χ3v) is 6.54. The van der Waals surface area contributed by atoms with E-state index in [9.17, 15) is 8.42 Å². The van der Waals surface area contributed by atoms with Crippen molar-refractivity contribution in [3.8, 4) is 12.3 Å². The maximum atomic E-state index is 13.1. The minimum absolute atomic E-state index is 0.153. The molecule has 0 saturated carbocycles. The number of aromatic nitrogens is 2. The Morgan fingerprint density at radius 1 is 1.14 bits per heavy atom. The number of hydrogen-bond donors (Lipinski definition) is 0. The number of aryl methyl sites for hydroxylation is 1. The summed E-state index contributed by atoms with van der Waals surface area (Å²) in [6, 6.07) is 16.3. The molecule has 1 unspecified atom stereocenters. The quantitative estimate of drug-likeness (QED) is 0.644. The smallest absolute Gasteiger partial charge is 0.184 e. The van der Waals surface area contributed by atoms with Crippen LogP contribution in [0.25, 0.3) is 0 Å². The van der Waals surface area contributed by atoms with E-state index in [2.05, 4.69) is 11.0 Å².